The van der Waals surface area contributed by atoms with Crippen LogP contribution in [0.2, 0.25) is 0 Å². The molecule has 0 fully saturated rings. The van der Waals surface area contributed by atoms with Gasteiger partial charge in [-0.15, -0.1) is 0 Å². The SMILES string of the molecule is CN(C)CCNc1cc(F)cc(-c2ccnc3[nH]c(-c4n[nH]c5ccc(-c6cncc(N)c6)cc45)cc23)c1. The van der Waals surface area contributed by atoms with Crippen molar-refractivity contribution in [3.8, 4) is 33.6 Å². The molecule has 0 atom stereocenters. The van der Waals surface area contributed by atoms with Gasteiger partial charge in [-0.25, -0.2) is 9.37 Å². The van der Waals surface area contributed by atoms with Crippen molar-refractivity contribution in [3.63, 3.8) is 0 Å². The minimum absolute atomic E-state index is 0.294. The Morgan fingerprint density at radius 2 is 1.84 bits per heavy atom. The quantitative estimate of drug-likeness (QED) is 0.227. The number of likely N-dealkylation sites (N-methyl/N-ethyl adjacent to an activating group) is 1. The van der Waals surface area contributed by atoms with Crippen LogP contribution in [-0.4, -0.2) is 57.2 Å². The molecule has 0 aliphatic carbocycles. The first-order chi connectivity index (χ1) is 18.4. The Balaban J connectivity index is 1.40. The predicted molar refractivity (Wildman–Crippen MR) is 151 cm³/mol. The van der Waals surface area contributed by atoms with E-state index in [1.54, 1.807) is 24.7 Å². The summed E-state index contributed by atoms with van der Waals surface area (Å²) in [5, 5.41) is 12.9. The second kappa shape index (κ2) is 9.60. The molecule has 0 radical (unpaired) electrons. The number of benzene rings is 2. The molecule has 0 aliphatic rings. The highest BCUT2D eigenvalue weighted by atomic mass is 19.1. The van der Waals surface area contributed by atoms with Gasteiger partial charge in [0.1, 0.15) is 17.2 Å². The summed E-state index contributed by atoms with van der Waals surface area (Å²) < 4.78 is 14.6. The Morgan fingerprint density at radius 1 is 0.947 bits per heavy atom. The first-order valence-electron chi connectivity index (χ1n) is 12.3. The zero-order valence-corrected chi connectivity index (χ0v) is 21.1. The first kappa shape index (κ1) is 23.6. The van der Waals surface area contributed by atoms with Gasteiger partial charge in [-0.1, -0.05) is 6.07 Å². The Hall–Kier alpha value is -4.76. The average Bonchev–Trinajstić information content (AvgIpc) is 3.51. The fraction of sp³-hybridized carbons (Fsp3) is 0.138. The van der Waals surface area contributed by atoms with Crippen LogP contribution >= 0.6 is 0 Å². The summed E-state index contributed by atoms with van der Waals surface area (Å²) in [6.45, 7) is 1.57. The van der Waals surface area contributed by atoms with E-state index in [0.29, 0.717) is 11.3 Å². The van der Waals surface area contributed by atoms with Crippen molar-refractivity contribution in [2.75, 3.05) is 38.2 Å². The van der Waals surface area contributed by atoms with E-state index >= 15 is 0 Å². The number of nitrogens with zero attached hydrogens (tertiary/aromatic N) is 4. The van der Waals surface area contributed by atoms with Gasteiger partial charge in [0.25, 0.3) is 0 Å². The number of rotatable bonds is 7. The molecule has 9 heteroatoms. The largest absolute Gasteiger partial charge is 0.397 e. The third-order valence-corrected chi connectivity index (χ3v) is 6.54. The lowest BCUT2D eigenvalue weighted by atomic mass is 10.0. The summed E-state index contributed by atoms with van der Waals surface area (Å²) in [7, 11) is 4.02. The standard InChI is InChI=1S/C29H27FN8/c1-38(2)8-7-33-22-11-18(9-20(30)13-22)23-5-6-34-29-24(23)14-27(35-29)28-25-12-17(3-4-26(25)36-37-28)19-10-21(31)16-32-15-19/h3-6,9-16,33H,7-8,31H2,1-2H3,(H,34,35)(H,36,37). The van der Waals surface area contributed by atoms with Crippen LogP contribution < -0.4 is 11.1 Å². The van der Waals surface area contributed by atoms with Crippen molar-refractivity contribution in [3.05, 3.63) is 79.0 Å². The summed E-state index contributed by atoms with van der Waals surface area (Å²) in [4.78, 5) is 14.2. The molecule has 4 heterocycles. The lowest BCUT2D eigenvalue weighted by Gasteiger charge is -2.13. The van der Waals surface area contributed by atoms with Gasteiger partial charge >= 0.3 is 0 Å². The van der Waals surface area contributed by atoms with Crippen molar-refractivity contribution in [2.45, 2.75) is 0 Å². The molecule has 0 bridgehead atoms. The number of halogens is 1. The summed E-state index contributed by atoms with van der Waals surface area (Å²) in [6, 6.07) is 16.9. The van der Waals surface area contributed by atoms with E-state index in [0.717, 1.165) is 68.7 Å². The van der Waals surface area contributed by atoms with Gasteiger partial charge in [0.05, 0.1) is 16.9 Å². The van der Waals surface area contributed by atoms with E-state index in [1.807, 2.05) is 50.5 Å². The highest BCUT2D eigenvalue weighted by Crippen LogP contribution is 2.35. The number of nitrogens with two attached hydrogens (primary N) is 1. The molecule has 6 aromatic rings. The smallest absolute Gasteiger partial charge is 0.138 e. The average molecular weight is 507 g/mol. The van der Waals surface area contributed by atoms with Crippen molar-refractivity contribution < 1.29 is 4.39 Å². The predicted octanol–water partition coefficient (Wildman–Crippen LogP) is 5.53. The molecular formula is C29H27FN8. The van der Waals surface area contributed by atoms with Crippen molar-refractivity contribution >= 4 is 33.3 Å². The second-order valence-electron chi connectivity index (χ2n) is 9.60. The number of H-pyrrole nitrogens is 2. The highest BCUT2D eigenvalue weighted by molar-refractivity contribution is 6.01. The molecule has 38 heavy (non-hydrogen) atoms. The molecule has 6 rings (SSSR count). The molecule has 0 spiro atoms. The molecule has 5 N–H and O–H groups in total. The van der Waals surface area contributed by atoms with E-state index in [2.05, 4.69) is 41.4 Å². The van der Waals surface area contributed by atoms with E-state index < -0.39 is 0 Å². The third-order valence-electron chi connectivity index (χ3n) is 6.54. The van der Waals surface area contributed by atoms with Gasteiger partial charge in [0.2, 0.25) is 0 Å². The van der Waals surface area contributed by atoms with Gasteiger partial charge < -0.3 is 20.9 Å². The number of fused-ring (bicyclic) bond motifs is 2. The number of pyridine rings is 2. The van der Waals surface area contributed by atoms with Crippen LogP contribution in [0, 0.1) is 5.82 Å². The van der Waals surface area contributed by atoms with E-state index in [-0.39, 0.29) is 5.82 Å². The van der Waals surface area contributed by atoms with Crippen molar-refractivity contribution in [1.82, 2.24) is 30.0 Å². The second-order valence-corrected chi connectivity index (χ2v) is 9.60. The van der Waals surface area contributed by atoms with E-state index in [1.165, 1.54) is 6.07 Å². The zero-order chi connectivity index (χ0) is 26.2. The lowest BCUT2D eigenvalue weighted by Crippen LogP contribution is -2.20. The van der Waals surface area contributed by atoms with Crippen molar-refractivity contribution in [2.24, 2.45) is 0 Å². The van der Waals surface area contributed by atoms with Crippen molar-refractivity contribution in [1.29, 1.82) is 0 Å². The van der Waals surface area contributed by atoms with Crippen LogP contribution in [0.25, 0.3) is 55.6 Å². The Labute approximate surface area is 218 Å². The molecule has 0 saturated heterocycles. The first-order valence-corrected chi connectivity index (χ1v) is 12.3. The lowest BCUT2D eigenvalue weighted by molar-refractivity contribution is 0.425. The molecule has 0 saturated carbocycles. The van der Waals surface area contributed by atoms with Crippen LogP contribution in [0.4, 0.5) is 15.8 Å². The van der Waals surface area contributed by atoms with E-state index in [9.17, 15) is 4.39 Å². The number of nitrogens with one attached hydrogen (secondary N) is 3. The topological polar surface area (TPSA) is 112 Å². The van der Waals surface area contributed by atoms with E-state index in [4.69, 9.17) is 5.73 Å². The van der Waals surface area contributed by atoms with Gasteiger partial charge in [0.15, 0.2) is 0 Å². The molecule has 0 amide bonds. The van der Waals surface area contributed by atoms with Crippen LogP contribution in [0.3, 0.4) is 0 Å². The molecule has 4 aromatic heterocycles. The summed E-state index contributed by atoms with van der Waals surface area (Å²) >= 11 is 0. The maximum absolute atomic E-state index is 14.6. The summed E-state index contributed by atoms with van der Waals surface area (Å²) in [5.41, 5.74) is 14.1. The minimum atomic E-state index is -0.294. The Bertz CT molecular complexity index is 1770. The highest BCUT2D eigenvalue weighted by Gasteiger charge is 2.16. The minimum Gasteiger partial charge on any atom is -0.397 e. The summed E-state index contributed by atoms with van der Waals surface area (Å²) in [6.07, 6.45) is 5.15. The van der Waals surface area contributed by atoms with Crippen LogP contribution in [0.1, 0.15) is 0 Å². The number of nitrogen functional groups attached to an aromatic ring is 1. The number of aromatic nitrogens is 5. The maximum Gasteiger partial charge on any atom is 0.138 e. The maximum atomic E-state index is 14.6. The molecule has 2 aromatic carbocycles. The molecular weight excluding hydrogens is 479 g/mol. The fourth-order valence-corrected chi connectivity index (χ4v) is 4.69. The molecule has 190 valence electrons. The monoisotopic (exact) mass is 506 g/mol. The Kier molecular flexibility index (Phi) is 5.97. The van der Waals surface area contributed by atoms with Gasteiger partial charge in [0, 0.05) is 53.7 Å². The summed E-state index contributed by atoms with van der Waals surface area (Å²) in [5.74, 6) is -0.294. The third kappa shape index (κ3) is 4.55. The number of aromatic amines is 2. The van der Waals surface area contributed by atoms with Crippen LogP contribution in [-0.2, 0) is 0 Å². The Morgan fingerprint density at radius 3 is 2.68 bits per heavy atom. The normalized spacial score (nSPS) is 11.6. The van der Waals surface area contributed by atoms with Gasteiger partial charge in [-0.3, -0.25) is 10.1 Å². The van der Waals surface area contributed by atoms with Gasteiger partial charge in [-0.2, -0.15) is 5.10 Å². The zero-order valence-electron chi connectivity index (χ0n) is 21.1. The van der Waals surface area contributed by atoms with Gasteiger partial charge in [-0.05, 0) is 79.3 Å². The fourth-order valence-electron chi connectivity index (χ4n) is 4.69. The molecule has 0 aliphatic heterocycles. The number of hydrogen-bond acceptors (Lipinski definition) is 6. The molecule has 8 nitrogen and oxygen atoms in total. The van der Waals surface area contributed by atoms with Crippen LogP contribution in [0.15, 0.2) is 73.2 Å². The number of anilines is 2. The number of hydrogen-bond donors (Lipinski definition) is 4. The van der Waals surface area contributed by atoms with Crippen LogP contribution in [0.5, 0.6) is 0 Å². The molecule has 0 unspecified atom stereocenters.